The third-order valence-electron chi connectivity index (χ3n) is 5.37. The van der Waals surface area contributed by atoms with E-state index in [0.717, 1.165) is 25.7 Å². The Bertz CT molecular complexity index is 577. The van der Waals surface area contributed by atoms with Gasteiger partial charge in [0.25, 0.3) is 0 Å². The van der Waals surface area contributed by atoms with Gasteiger partial charge in [-0.05, 0) is 62.3 Å². The van der Waals surface area contributed by atoms with Crippen molar-refractivity contribution in [3.63, 3.8) is 0 Å². The largest absolute Gasteiger partial charge is 0.368 e. The van der Waals surface area contributed by atoms with E-state index in [1.807, 2.05) is 19.9 Å². The molecule has 4 heteroatoms. The number of carbonyl (C=O) groups is 2. The number of rotatable bonds is 7. The van der Waals surface area contributed by atoms with Crippen LogP contribution in [-0.4, -0.2) is 17.4 Å². The van der Waals surface area contributed by atoms with Gasteiger partial charge in [-0.15, -0.1) is 0 Å². The molecular weight excluding hydrogens is 312 g/mol. The summed E-state index contributed by atoms with van der Waals surface area (Å²) in [5.74, 6) is 0.792. The topological polar surface area (TPSA) is 72.2 Å². The molecule has 4 nitrogen and oxygen atoms in total. The van der Waals surface area contributed by atoms with Gasteiger partial charge in [-0.1, -0.05) is 44.2 Å². The second-order valence-corrected chi connectivity index (χ2v) is 8.17. The molecule has 25 heavy (non-hydrogen) atoms. The predicted molar refractivity (Wildman–Crippen MR) is 101 cm³/mol. The van der Waals surface area contributed by atoms with E-state index >= 15 is 0 Å². The highest BCUT2D eigenvalue weighted by Gasteiger charge is 2.34. The van der Waals surface area contributed by atoms with E-state index in [0.29, 0.717) is 30.6 Å². The maximum absolute atomic E-state index is 12.4. The molecule has 3 N–H and O–H groups in total. The Labute approximate surface area is 151 Å². The second kappa shape index (κ2) is 8.50. The van der Waals surface area contributed by atoms with Gasteiger partial charge in [0, 0.05) is 6.42 Å². The Balaban J connectivity index is 1.84. The van der Waals surface area contributed by atoms with Crippen LogP contribution in [0.25, 0.3) is 0 Å². The standard InChI is InChI=1S/C21H32N2O2/c1-15(2)14-21(3,20(22)25)23-19(24)13-16-9-11-18(12-10-16)17-7-5-4-6-8-17/h4-8,15-16,18H,9-14H2,1-3H3,(H2,22,25)(H,23,24). The van der Waals surface area contributed by atoms with Crippen molar-refractivity contribution in [2.24, 2.45) is 17.6 Å². The fourth-order valence-electron chi connectivity index (χ4n) is 4.08. The number of nitrogens with two attached hydrogens (primary N) is 1. The van der Waals surface area contributed by atoms with E-state index in [2.05, 4.69) is 29.6 Å². The first-order valence-electron chi connectivity index (χ1n) is 9.46. The number of amides is 2. The average molecular weight is 344 g/mol. The molecule has 1 unspecified atom stereocenters. The second-order valence-electron chi connectivity index (χ2n) is 8.17. The summed E-state index contributed by atoms with van der Waals surface area (Å²) in [5.41, 5.74) is 5.98. The van der Waals surface area contributed by atoms with E-state index in [4.69, 9.17) is 5.73 Å². The average Bonchev–Trinajstić information content (AvgIpc) is 2.55. The maximum atomic E-state index is 12.4. The summed E-state index contributed by atoms with van der Waals surface area (Å²) in [6, 6.07) is 10.6. The minimum absolute atomic E-state index is 0.0508. The fourth-order valence-corrected chi connectivity index (χ4v) is 4.08. The fraction of sp³-hybridized carbons (Fsp3) is 0.619. The van der Waals surface area contributed by atoms with Crippen LogP contribution in [0.2, 0.25) is 0 Å². The lowest BCUT2D eigenvalue weighted by Gasteiger charge is -2.32. The highest BCUT2D eigenvalue weighted by molar-refractivity contribution is 5.90. The SMILES string of the molecule is CC(C)CC(C)(NC(=O)CC1CCC(c2ccccc2)CC1)C(N)=O. The van der Waals surface area contributed by atoms with E-state index in [1.165, 1.54) is 5.56 Å². The molecule has 1 aromatic carbocycles. The van der Waals surface area contributed by atoms with Crippen molar-refractivity contribution in [3.05, 3.63) is 35.9 Å². The molecule has 1 saturated carbocycles. The van der Waals surface area contributed by atoms with Gasteiger partial charge < -0.3 is 11.1 Å². The third-order valence-corrected chi connectivity index (χ3v) is 5.37. The summed E-state index contributed by atoms with van der Waals surface area (Å²) < 4.78 is 0. The molecule has 0 radical (unpaired) electrons. The minimum Gasteiger partial charge on any atom is -0.368 e. The molecule has 138 valence electrons. The van der Waals surface area contributed by atoms with E-state index in [1.54, 1.807) is 6.92 Å². The summed E-state index contributed by atoms with van der Waals surface area (Å²) in [5, 5.41) is 2.90. The third kappa shape index (κ3) is 5.58. The van der Waals surface area contributed by atoms with Crippen molar-refractivity contribution in [3.8, 4) is 0 Å². The van der Waals surface area contributed by atoms with Crippen molar-refractivity contribution < 1.29 is 9.59 Å². The summed E-state index contributed by atoms with van der Waals surface area (Å²) >= 11 is 0. The Morgan fingerprint density at radius 3 is 2.28 bits per heavy atom. The zero-order valence-corrected chi connectivity index (χ0v) is 15.8. The molecule has 1 aliphatic carbocycles. The Morgan fingerprint density at radius 2 is 1.76 bits per heavy atom. The van der Waals surface area contributed by atoms with Crippen molar-refractivity contribution in [2.45, 2.75) is 70.8 Å². The van der Waals surface area contributed by atoms with Crippen molar-refractivity contribution in [1.29, 1.82) is 0 Å². The number of nitrogens with one attached hydrogen (secondary N) is 1. The summed E-state index contributed by atoms with van der Waals surface area (Å²) in [6.07, 6.45) is 5.42. The molecule has 2 amide bonds. The molecule has 1 fully saturated rings. The molecule has 1 atom stereocenters. The van der Waals surface area contributed by atoms with Crippen molar-refractivity contribution in [1.82, 2.24) is 5.32 Å². The van der Waals surface area contributed by atoms with Gasteiger partial charge in [0.15, 0.2) is 0 Å². The first kappa shape index (κ1) is 19.5. The number of carbonyl (C=O) groups excluding carboxylic acids is 2. The van der Waals surface area contributed by atoms with Crippen LogP contribution in [0.1, 0.15) is 70.8 Å². The number of primary amides is 1. The zero-order chi connectivity index (χ0) is 18.4. The van der Waals surface area contributed by atoms with Crippen molar-refractivity contribution in [2.75, 3.05) is 0 Å². The number of hydrogen-bond donors (Lipinski definition) is 2. The van der Waals surface area contributed by atoms with Crippen LogP contribution in [-0.2, 0) is 9.59 Å². The van der Waals surface area contributed by atoms with Crippen LogP contribution in [0, 0.1) is 11.8 Å². The van der Waals surface area contributed by atoms with Gasteiger partial charge in [-0.25, -0.2) is 0 Å². The van der Waals surface area contributed by atoms with E-state index < -0.39 is 11.4 Å². The van der Waals surface area contributed by atoms with Gasteiger partial charge in [-0.3, -0.25) is 9.59 Å². The summed E-state index contributed by atoms with van der Waals surface area (Å²) in [4.78, 5) is 24.2. The monoisotopic (exact) mass is 344 g/mol. The van der Waals surface area contributed by atoms with Crippen LogP contribution in [0.5, 0.6) is 0 Å². The minimum atomic E-state index is -0.952. The first-order chi connectivity index (χ1) is 11.8. The molecule has 2 rings (SSSR count). The molecule has 0 saturated heterocycles. The predicted octanol–water partition coefficient (Wildman–Crippen LogP) is 3.76. The van der Waals surface area contributed by atoms with Gasteiger partial charge in [0.1, 0.15) is 5.54 Å². The normalized spacial score (nSPS) is 23.0. The molecule has 0 spiro atoms. The molecule has 0 aliphatic heterocycles. The molecule has 1 aliphatic rings. The zero-order valence-electron chi connectivity index (χ0n) is 15.8. The Morgan fingerprint density at radius 1 is 1.16 bits per heavy atom. The van der Waals surface area contributed by atoms with Gasteiger partial charge in [0.05, 0.1) is 0 Å². The lowest BCUT2D eigenvalue weighted by atomic mass is 9.77. The van der Waals surface area contributed by atoms with Gasteiger partial charge in [-0.2, -0.15) is 0 Å². The lowest BCUT2D eigenvalue weighted by Crippen LogP contribution is -2.56. The van der Waals surface area contributed by atoms with E-state index in [9.17, 15) is 9.59 Å². The molecular formula is C21H32N2O2. The van der Waals surface area contributed by atoms with Crippen LogP contribution >= 0.6 is 0 Å². The molecule has 0 heterocycles. The van der Waals surface area contributed by atoms with Crippen LogP contribution in [0.3, 0.4) is 0 Å². The number of benzene rings is 1. The van der Waals surface area contributed by atoms with Crippen LogP contribution in [0.4, 0.5) is 0 Å². The maximum Gasteiger partial charge on any atom is 0.242 e. The Kier molecular flexibility index (Phi) is 6.63. The van der Waals surface area contributed by atoms with E-state index in [-0.39, 0.29) is 5.91 Å². The lowest BCUT2D eigenvalue weighted by molar-refractivity contribution is -0.132. The first-order valence-corrected chi connectivity index (χ1v) is 9.46. The smallest absolute Gasteiger partial charge is 0.242 e. The van der Waals surface area contributed by atoms with Gasteiger partial charge in [0.2, 0.25) is 11.8 Å². The highest BCUT2D eigenvalue weighted by atomic mass is 16.2. The summed E-state index contributed by atoms with van der Waals surface area (Å²) in [7, 11) is 0. The molecule has 0 aromatic heterocycles. The molecule has 1 aromatic rings. The summed E-state index contributed by atoms with van der Waals surface area (Å²) in [6.45, 7) is 5.79. The highest BCUT2D eigenvalue weighted by Crippen LogP contribution is 2.37. The molecule has 0 bridgehead atoms. The Hall–Kier alpha value is -1.84. The number of hydrogen-bond acceptors (Lipinski definition) is 2. The quantitative estimate of drug-likeness (QED) is 0.790. The van der Waals surface area contributed by atoms with Crippen LogP contribution < -0.4 is 11.1 Å². The van der Waals surface area contributed by atoms with Crippen LogP contribution in [0.15, 0.2) is 30.3 Å². The van der Waals surface area contributed by atoms with Gasteiger partial charge >= 0.3 is 0 Å². The van der Waals surface area contributed by atoms with Crippen molar-refractivity contribution >= 4 is 11.8 Å².